The third-order valence-electron chi connectivity index (χ3n) is 6.79. The fourth-order valence-electron chi connectivity index (χ4n) is 4.66. The highest BCUT2D eigenvalue weighted by Gasteiger charge is 2.30. The predicted molar refractivity (Wildman–Crippen MR) is 125 cm³/mol. The molecule has 0 bridgehead atoms. The number of nitrogens with zero attached hydrogens (tertiary/aromatic N) is 4. The quantitative estimate of drug-likeness (QED) is 0.477. The van der Waals surface area contributed by atoms with E-state index in [9.17, 15) is 22.8 Å². The predicted octanol–water partition coefficient (Wildman–Crippen LogP) is 3.37. The van der Waals surface area contributed by atoms with Crippen LogP contribution in [-0.2, 0) is 17.4 Å². The number of aromatic amines is 1. The number of carbonyl (C=O) groups excluding carboxylic acids is 2. The van der Waals surface area contributed by atoms with E-state index in [4.69, 9.17) is 0 Å². The lowest BCUT2D eigenvalue weighted by Gasteiger charge is -2.42. The first-order chi connectivity index (χ1) is 16.8. The fraction of sp³-hybridized carbons (Fsp3) is 0.480. The maximum absolute atomic E-state index is 12.7. The van der Waals surface area contributed by atoms with Gasteiger partial charge < -0.3 is 14.8 Å². The number of nitrogens with one attached hydrogen (secondary N) is 1. The summed E-state index contributed by atoms with van der Waals surface area (Å²) in [7, 11) is 0. The highest BCUT2D eigenvalue weighted by molar-refractivity contribution is 6.02. The SMILES string of the molecule is O=C(C=CN1CCN(C2CCN(C(=O)CCc3ccc(C(F)(F)F)cc3)CC2)CC1)c1cnc[nH]1. The average Bonchev–Trinajstić information content (AvgIpc) is 3.41. The molecule has 2 saturated heterocycles. The number of amides is 1. The molecule has 4 rings (SSSR count). The summed E-state index contributed by atoms with van der Waals surface area (Å²) in [5.74, 6) is -0.0412. The van der Waals surface area contributed by atoms with Gasteiger partial charge in [0, 0.05) is 64.0 Å². The van der Waals surface area contributed by atoms with E-state index >= 15 is 0 Å². The molecule has 35 heavy (non-hydrogen) atoms. The minimum absolute atomic E-state index is 0.0558. The van der Waals surface area contributed by atoms with Crippen LogP contribution in [0.3, 0.4) is 0 Å². The van der Waals surface area contributed by atoms with Crippen molar-refractivity contribution in [2.45, 2.75) is 37.9 Å². The van der Waals surface area contributed by atoms with E-state index in [1.807, 2.05) is 11.1 Å². The Labute approximate surface area is 202 Å². The number of benzene rings is 1. The number of allylic oxidation sites excluding steroid dienone is 1. The standard InChI is InChI=1S/C25H30F3N5O2/c26-25(27,28)20-4-1-19(2-5-20)3-6-24(35)33-11-7-21(8-12-33)32-15-13-31(14-16-32)10-9-23(34)22-17-29-18-30-22/h1-2,4-5,9-10,17-18,21H,3,6-8,11-16H2,(H,29,30). The number of imidazole rings is 1. The van der Waals surface area contributed by atoms with Gasteiger partial charge in [0.2, 0.25) is 11.7 Å². The van der Waals surface area contributed by atoms with Gasteiger partial charge in [-0.1, -0.05) is 12.1 Å². The molecule has 10 heteroatoms. The van der Waals surface area contributed by atoms with Gasteiger partial charge >= 0.3 is 6.18 Å². The fourth-order valence-corrected chi connectivity index (χ4v) is 4.66. The van der Waals surface area contributed by atoms with Gasteiger partial charge in [-0.25, -0.2) is 4.98 Å². The molecule has 0 spiro atoms. The normalized spacial score (nSPS) is 18.4. The summed E-state index contributed by atoms with van der Waals surface area (Å²) >= 11 is 0. The number of ketones is 1. The molecule has 2 aliphatic rings. The van der Waals surface area contributed by atoms with Gasteiger partial charge in [0.15, 0.2) is 0 Å². The molecule has 1 aromatic heterocycles. The molecular formula is C25H30F3N5O2. The zero-order valence-corrected chi connectivity index (χ0v) is 19.5. The lowest BCUT2D eigenvalue weighted by Crippen LogP contribution is -2.52. The van der Waals surface area contributed by atoms with E-state index in [1.165, 1.54) is 24.7 Å². The van der Waals surface area contributed by atoms with Crippen LogP contribution in [0, 0.1) is 0 Å². The number of likely N-dealkylation sites (tertiary alicyclic amines) is 1. The van der Waals surface area contributed by atoms with Crippen LogP contribution >= 0.6 is 0 Å². The number of hydrogen-bond donors (Lipinski definition) is 1. The maximum atomic E-state index is 12.7. The average molecular weight is 490 g/mol. The molecule has 0 aliphatic carbocycles. The summed E-state index contributed by atoms with van der Waals surface area (Å²) < 4.78 is 38.1. The van der Waals surface area contributed by atoms with Crippen LogP contribution < -0.4 is 0 Å². The largest absolute Gasteiger partial charge is 0.416 e. The van der Waals surface area contributed by atoms with Crippen molar-refractivity contribution in [3.63, 3.8) is 0 Å². The molecule has 2 fully saturated rings. The first kappa shape index (κ1) is 25.0. The van der Waals surface area contributed by atoms with Crippen LogP contribution in [0.5, 0.6) is 0 Å². The van der Waals surface area contributed by atoms with E-state index in [-0.39, 0.29) is 11.7 Å². The third-order valence-corrected chi connectivity index (χ3v) is 6.79. The van der Waals surface area contributed by atoms with Gasteiger partial charge in [-0.3, -0.25) is 14.5 Å². The second-order valence-corrected chi connectivity index (χ2v) is 9.02. The second kappa shape index (κ2) is 11.1. The van der Waals surface area contributed by atoms with Crippen molar-refractivity contribution in [3.8, 4) is 0 Å². The van der Waals surface area contributed by atoms with Crippen LogP contribution in [0.15, 0.2) is 49.1 Å². The summed E-state index contributed by atoms with van der Waals surface area (Å²) in [6.45, 7) is 4.92. The van der Waals surface area contributed by atoms with Crippen molar-refractivity contribution in [2.24, 2.45) is 0 Å². The third kappa shape index (κ3) is 6.72. The van der Waals surface area contributed by atoms with Gasteiger partial charge in [0.1, 0.15) is 5.69 Å². The number of H-pyrrole nitrogens is 1. The van der Waals surface area contributed by atoms with Crippen LogP contribution in [0.1, 0.15) is 40.9 Å². The van der Waals surface area contributed by atoms with Crippen LogP contribution in [-0.4, -0.2) is 81.7 Å². The van der Waals surface area contributed by atoms with E-state index in [1.54, 1.807) is 6.08 Å². The number of piperazine rings is 1. The number of aromatic nitrogens is 2. The first-order valence-corrected chi connectivity index (χ1v) is 11.9. The summed E-state index contributed by atoms with van der Waals surface area (Å²) in [6.07, 6.45) is 4.64. The van der Waals surface area contributed by atoms with Gasteiger partial charge in [-0.05, 0) is 37.0 Å². The monoisotopic (exact) mass is 489 g/mol. The zero-order valence-electron chi connectivity index (χ0n) is 19.5. The molecule has 2 aliphatic heterocycles. The number of aryl methyl sites for hydroxylation is 1. The Kier molecular flexibility index (Phi) is 7.90. The molecule has 1 aromatic carbocycles. The molecule has 1 N–H and O–H groups in total. The molecule has 3 heterocycles. The number of hydrogen-bond acceptors (Lipinski definition) is 5. The summed E-state index contributed by atoms with van der Waals surface area (Å²) in [5.41, 5.74) is 0.536. The number of carbonyl (C=O) groups is 2. The minimum atomic E-state index is -4.35. The second-order valence-electron chi connectivity index (χ2n) is 9.02. The van der Waals surface area contributed by atoms with Crippen molar-refractivity contribution in [1.29, 1.82) is 0 Å². The molecule has 0 unspecified atom stereocenters. The maximum Gasteiger partial charge on any atom is 0.416 e. The molecule has 2 aromatic rings. The molecular weight excluding hydrogens is 459 g/mol. The molecule has 7 nitrogen and oxygen atoms in total. The highest BCUT2D eigenvalue weighted by Crippen LogP contribution is 2.29. The Morgan fingerprint density at radius 3 is 2.31 bits per heavy atom. The Hall–Kier alpha value is -3.14. The summed E-state index contributed by atoms with van der Waals surface area (Å²) in [4.78, 5) is 37.8. The van der Waals surface area contributed by atoms with Crippen molar-refractivity contribution < 1.29 is 22.8 Å². The van der Waals surface area contributed by atoms with E-state index < -0.39 is 11.7 Å². The molecule has 0 saturated carbocycles. The van der Waals surface area contributed by atoms with Crippen LogP contribution in [0.2, 0.25) is 0 Å². The summed E-state index contributed by atoms with van der Waals surface area (Å²) in [6, 6.07) is 5.47. The Morgan fingerprint density at radius 2 is 1.71 bits per heavy atom. The number of piperidine rings is 1. The van der Waals surface area contributed by atoms with Gasteiger partial charge in [-0.2, -0.15) is 13.2 Å². The van der Waals surface area contributed by atoms with E-state index in [0.29, 0.717) is 37.7 Å². The number of alkyl halides is 3. The minimum Gasteiger partial charge on any atom is -0.375 e. The Morgan fingerprint density at radius 1 is 1.03 bits per heavy atom. The summed E-state index contributed by atoms with van der Waals surface area (Å²) in [5, 5.41) is 0. The first-order valence-electron chi connectivity index (χ1n) is 11.9. The van der Waals surface area contributed by atoms with Crippen molar-refractivity contribution >= 4 is 11.7 Å². The number of halogens is 3. The van der Waals surface area contributed by atoms with Crippen molar-refractivity contribution in [1.82, 2.24) is 24.7 Å². The van der Waals surface area contributed by atoms with Crippen LogP contribution in [0.25, 0.3) is 0 Å². The molecule has 1 amide bonds. The van der Waals surface area contributed by atoms with E-state index in [2.05, 4.69) is 19.8 Å². The van der Waals surface area contributed by atoms with Crippen molar-refractivity contribution in [2.75, 3.05) is 39.3 Å². The molecule has 0 atom stereocenters. The lowest BCUT2D eigenvalue weighted by atomic mass is 10.0. The zero-order chi connectivity index (χ0) is 24.8. The van der Waals surface area contributed by atoms with Gasteiger partial charge in [-0.15, -0.1) is 0 Å². The van der Waals surface area contributed by atoms with Crippen LogP contribution in [0.4, 0.5) is 13.2 Å². The Bertz CT molecular complexity index is 1000. The van der Waals surface area contributed by atoms with Gasteiger partial charge in [0.25, 0.3) is 0 Å². The topological polar surface area (TPSA) is 72.5 Å². The Balaban J connectivity index is 1.16. The molecule has 188 valence electrons. The van der Waals surface area contributed by atoms with E-state index in [0.717, 1.165) is 56.7 Å². The lowest BCUT2D eigenvalue weighted by molar-refractivity contribution is -0.137. The van der Waals surface area contributed by atoms with Crippen molar-refractivity contribution in [3.05, 3.63) is 65.9 Å². The molecule has 0 radical (unpaired) electrons. The smallest absolute Gasteiger partial charge is 0.375 e. The van der Waals surface area contributed by atoms with Gasteiger partial charge in [0.05, 0.1) is 18.1 Å². The number of rotatable bonds is 7. The highest BCUT2D eigenvalue weighted by atomic mass is 19.4.